The van der Waals surface area contributed by atoms with Crippen molar-refractivity contribution in [3.63, 3.8) is 0 Å². The standard InChI is InChI=1S/C20H23N3O3/c1-21-19(24)18-11-13-4-3-5-17(13)23(18)20(25)16-8-6-12-10-14(26-2)7-9-15(12)22-16/h6-10,13,17-18H,3-5,11H2,1-2H3,(H,21,24)/t13-,17-,18-/m0/s1. The molecular weight excluding hydrogens is 330 g/mol. The number of aromatic nitrogens is 1. The molecule has 6 nitrogen and oxygen atoms in total. The van der Waals surface area contributed by atoms with E-state index in [4.69, 9.17) is 4.74 Å². The van der Waals surface area contributed by atoms with E-state index >= 15 is 0 Å². The van der Waals surface area contributed by atoms with Crippen molar-refractivity contribution in [3.8, 4) is 5.75 Å². The summed E-state index contributed by atoms with van der Waals surface area (Å²) in [6.45, 7) is 0. The molecule has 0 spiro atoms. The second-order valence-electron chi connectivity index (χ2n) is 7.09. The number of likely N-dealkylation sites (tertiary alicyclic amines) is 1. The predicted molar refractivity (Wildman–Crippen MR) is 98.1 cm³/mol. The maximum atomic E-state index is 13.2. The third-order valence-electron chi connectivity index (χ3n) is 5.74. The number of ether oxygens (including phenoxy) is 1. The van der Waals surface area contributed by atoms with Gasteiger partial charge in [0.05, 0.1) is 12.6 Å². The van der Waals surface area contributed by atoms with Crippen LogP contribution < -0.4 is 10.1 Å². The van der Waals surface area contributed by atoms with E-state index < -0.39 is 6.04 Å². The Morgan fingerprint density at radius 2 is 2.08 bits per heavy atom. The Morgan fingerprint density at radius 3 is 2.85 bits per heavy atom. The van der Waals surface area contributed by atoms with E-state index in [2.05, 4.69) is 10.3 Å². The molecule has 2 aromatic rings. The first kappa shape index (κ1) is 16.8. The molecule has 1 aromatic carbocycles. The second kappa shape index (κ2) is 6.59. The van der Waals surface area contributed by atoms with Gasteiger partial charge in [-0.2, -0.15) is 0 Å². The number of methoxy groups -OCH3 is 1. The molecule has 1 aliphatic carbocycles. The lowest BCUT2D eigenvalue weighted by molar-refractivity contribution is -0.124. The summed E-state index contributed by atoms with van der Waals surface area (Å²) >= 11 is 0. The maximum absolute atomic E-state index is 13.2. The Morgan fingerprint density at radius 1 is 1.23 bits per heavy atom. The monoisotopic (exact) mass is 353 g/mol. The lowest BCUT2D eigenvalue weighted by Crippen LogP contribution is -2.48. The van der Waals surface area contributed by atoms with Gasteiger partial charge in [0, 0.05) is 18.5 Å². The lowest BCUT2D eigenvalue weighted by Gasteiger charge is -2.28. The van der Waals surface area contributed by atoms with Crippen molar-refractivity contribution in [3.05, 3.63) is 36.0 Å². The lowest BCUT2D eigenvalue weighted by atomic mass is 10.0. The number of pyridine rings is 1. The summed E-state index contributed by atoms with van der Waals surface area (Å²) in [5, 5.41) is 3.63. The van der Waals surface area contributed by atoms with Crippen LogP contribution in [-0.4, -0.2) is 47.9 Å². The fraction of sp³-hybridized carbons (Fsp3) is 0.450. The summed E-state index contributed by atoms with van der Waals surface area (Å²) in [7, 11) is 3.25. The van der Waals surface area contributed by atoms with E-state index in [9.17, 15) is 9.59 Å². The van der Waals surface area contributed by atoms with Crippen LogP contribution in [0.15, 0.2) is 30.3 Å². The van der Waals surface area contributed by atoms with Gasteiger partial charge in [-0.3, -0.25) is 9.59 Å². The molecule has 4 rings (SSSR count). The molecule has 6 heteroatoms. The van der Waals surface area contributed by atoms with Gasteiger partial charge in [0.2, 0.25) is 5.91 Å². The zero-order valence-electron chi connectivity index (χ0n) is 15.1. The number of carbonyl (C=O) groups excluding carboxylic acids is 2. The first-order chi connectivity index (χ1) is 12.6. The van der Waals surface area contributed by atoms with E-state index in [1.165, 1.54) is 0 Å². The third kappa shape index (κ3) is 2.69. The molecule has 136 valence electrons. The maximum Gasteiger partial charge on any atom is 0.273 e. The first-order valence-corrected chi connectivity index (χ1v) is 9.11. The van der Waals surface area contributed by atoms with Crippen LogP contribution in [-0.2, 0) is 4.79 Å². The third-order valence-corrected chi connectivity index (χ3v) is 5.74. The largest absolute Gasteiger partial charge is 0.497 e. The molecule has 2 heterocycles. The molecule has 0 bridgehead atoms. The Bertz CT molecular complexity index is 867. The quantitative estimate of drug-likeness (QED) is 0.920. The van der Waals surface area contributed by atoms with Crippen molar-refractivity contribution < 1.29 is 14.3 Å². The molecule has 1 aromatic heterocycles. The summed E-state index contributed by atoms with van der Waals surface area (Å²) in [5.74, 6) is 0.946. The molecule has 2 fully saturated rings. The fourth-order valence-electron chi connectivity index (χ4n) is 4.46. The van der Waals surface area contributed by atoms with Crippen molar-refractivity contribution in [2.45, 2.75) is 37.8 Å². The van der Waals surface area contributed by atoms with Gasteiger partial charge in [-0.1, -0.05) is 12.5 Å². The molecule has 3 atom stereocenters. The van der Waals surface area contributed by atoms with Crippen LogP contribution in [0.1, 0.15) is 36.2 Å². The predicted octanol–water partition coefficient (Wildman–Crippen LogP) is 2.37. The molecule has 1 N–H and O–H groups in total. The van der Waals surface area contributed by atoms with Gasteiger partial charge in [-0.15, -0.1) is 0 Å². The highest BCUT2D eigenvalue weighted by molar-refractivity contribution is 5.98. The highest BCUT2D eigenvalue weighted by atomic mass is 16.5. The molecule has 0 radical (unpaired) electrons. The SMILES string of the molecule is CNC(=O)[C@@H]1C[C@@H]2CCC[C@@H]2N1C(=O)c1ccc2cc(OC)ccc2n1. The smallest absolute Gasteiger partial charge is 0.273 e. The second-order valence-corrected chi connectivity index (χ2v) is 7.09. The number of rotatable bonds is 3. The van der Waals surface area contributed by atoms with Gasteiger partial charge in [-0.25, -0.2) is 4.98 Å². The number of hydrogen-bond donors (Lipinski definition) is 1. The van der Waals surface area contributed by atoms with Crippen molar-refractivity contribution in [1.82, 2.24) is 15.2 Å². The molecular formula is C20H23N3O3. The van der Waals surface area contributed by atoms with Gasteiger partial charge in [0.15, 0.2) is 0 Å². The normalized spacial score (nSPS) is 24.5. The van der Waals surface area contributed by atoms with E-state index in [0.29, 0.717) is 11.6 Å². The van der Waals surface area contributed by atoms with E-state index in [1.54, 1.807) is 25.1 Å². The topological polar surface area (TPSA) is 71.5 Å². The molecule has 1 saturated heterocycles. The summed E-state index contributed by atoms with van der Waals surface area (Å²) in [5.41, 5.74) is 1.14. The highest BCUT2D eigenvalue weighted by Gasteiger charge is 2.48. The average Bonchev–Trinajstić information content (AvgIpc) is 3.27. The Labute approximate surface area is 152 Å². The summed E-state index contributed by atoms with van der Waals surface area (Å²) < 4.78 is 5.23. The molecule has 0 unspecified atom stereocenters. The Balaban J connectivity index is 1.68. The van der Waals surface area contributed by atoms with Crippen LogP contribution in [0.3, 0.4) is 0 Å². The van der Waals surface area contributed by atoms with E-state index in [0.717, 1.165) is 42.3 Å². The number of nitrogens with one attached hydrogen (secondary N) is 1. The zero-order chi connectivity index (χ0) is 18.3. The number of hydrogen-bond acceptors (Lipinski definition) is 4. The van der Waals surface area contributed by atoms with Crippen LogP contribution in [0, 0.1) is 5.92 Å². The van der Waals surface area contributed by atoms with Crippen LogP contribution in [0.2, 0.25) is 0 Å². The number of carbonyl (C=O) groups is 2. The van der Waals surface area contributed by atoms with Crippen LogP contribution in [0.5, 0.6) is 5.75 Å². The zero-order valence-corrected chi connectivity index (χ0v) is 15.1. The number of fused-ring (bicyclic) bond motifs is 2. The summed E-state index contributed by atoms with van der Waals surface area (Å²) in [6.07, 6.45) is 3.92. The highest BCUT2D eigenvalue weighted by Crippen LogP contribution is 2.42. The summed E-state index contributed by atoms with van der Waals surface area (Å²) in [4.78, 5) is 31.9. The Hall–Kier alpha value is -2.63. The van der Waals surface area contributed by atoms with Crippen molar-refractivity contribution in [1.29, 1.82) is 0 Å². The Kier molecular flexibility index (Phi) is 4.26. The molecule has 2 amide bonds. The van der Waals surface area contributed by atoms with Crippen molar-refractivity contribution in [2.24, 2.45) is 5.92 Å². The minimum absolute atomic E-state index is 0.0849. The fourth-order valence-corrected chi connectivity index (χ4v) is 4.46. The molecule has 1 aliphatic heterocycles. The van der Waals surface area contributed by atoms with Gasteiger partial charge >= 0.3 is 0 Å². The molecule has 1 saturated carbocycles. The van der Waals surface area contributed by atoms with Gasteiger partial charge < -0.3 is 15.0 Å². The van der Waals surface area contributed by atoms with Crippen LogP contribution in [0.25, 0.3) is 10.9 Å². The molecule has 2 aliphatic rings. The van der Waals surface area contributed by atoms with Gasteiger partial charge in [-0.05, 0) is 49.4 Å². The number of nitrogens with zero attached hydrogens (tertiary/aromatic N) is 2. The van der Waals surface area contributed by atoms with Crippen LogP contribution >= 0.6 is 0 Å². The van der Waals surface area contributed by atoms with Crippen molar-refractivity contribution >= 4 is 22.7 Å². The van der Waals surface area contributed by atoms with E-state index in [1.807, 2.05) is 24.3 Å². The van der Waals surface area contributed by atoms with Crippen LogP contribution in [0.4, 0.5) is 0 Å². The number of benzene rings is 1. The average molecular weight is 353 g/mol. The minimum Gasteiger partial charge on any atom is -0.497 e. The first-order valence-electron chi connectivity index (χ1n) is 9.11. The number of amides is 2. The van der Waals surface area contributed by atoms with Crippen molar-refractivity contribution in [2.75, 3.05) is 14.2 Å². The van der Waals surface area contributed by atoms with E-state index in [-0.39, 0.29) is 17.9 Å². The van der Waals surface area contributed by atoms with Gasteiger partial charge in [0.1, 0.15) is 17.5 Å². The molecule has 26 heavy (non-hydrogen) atoms. The minimum atomic E-state index is -0.392. The van der Waals surface area contributed by atoms with Gasteiger partial charge in [0.25, 0.3) is 5.91 Å². The summed E-state index contributed by atoms with van der Waals surface area (Å²) in [6, 6.07) is 8.97. The number of likely N-dealkylation sites (N-methyl/N-ethyl adjacent to an activating group) is 1.